The van der Waals surface area contributed by atoms with E-state index in [4.69, 9.17) is 4.74 Å². The highest BCUT2D eigenvalue weighted by Gasteiger charge is 2.46. The Morgan fingerprint density at radius 3 is 2.61 bits per heavy atom. The largest absolute Gasteiger partial charge is 0.480 e. The molecule has 1 aromatic heterocycles. The van der Waals surface area contributed by atoms with Crippen molar-refractivity contribution in [2.24, 2.45) is 5.41 Å². The quantitative estimate of drug-likeness (QED) is 0.653. The second-order valence-corrected chi connectivity index (χ2v) is 6.15. The lowest BCUT2D eigenvalue weighted by Gasteiger charge is -2.24. The lowest BCUT2D eigenvalue weighted by molar-refractivity contribution is -0.153. The number of aromatic nitrogens is 2. The van der Waals surface area contributed by atoms with Crippen LogP contribution in [0.3, 0.4) is 0 Å². The second-order valence-electron chi connectivity index (χ2n) is 6.15. The van der Waals surface area contributed by atoms with E-state index in [1.54, 1.807) is 18.3 Å². The molecule has 0 atom stereocenters. The van der Waals surface area contributed by atoms with Gasteiger partial charge in [0.25, 0.3) is 0 Å². The number of anilines is 1. The average Bonchev–Trinajstić information content (AvgIpc) is 3.17. The minimum absolute atomic E-state index is 0.224. The highest BCUT2D eigenvalue weighted by Crippen LogP contribution is 2.35. The maximum absolute atomic E-state index is 12.5. The number of amides is 1. The summed E-state index contributed by atoms with van der Waals surface area (Å²) >= 11 is 0. The first-order chi connectivity index (χ1) is 11.0. The van der Waals surface area contributed by atoms with Gasteiger partial charge in [0.1, 0.15) is 0 Å². The van der Waals surface area contributed by atoms with Crippen LogP contribution in [0.4, 0.5) is 5.69 Å². The Morgan fingerprint density at radius 2 is 2.00 bits per heavy atom. The predicted molar refractivity (Wildman–Crippen MR) is 83.1 cm³/mol. The van der Waals surface area contributed by atoms with E-state index in [-0.39, 0.29) is 18.9 Å². The first kappa shape index (κ1) is 15.7. The highest BCUT2D eigenvalue weighted by atomic mass is 16.5. The summed E-state index contributed by atoms with van der Waals surface area (Å²) in [6.07, 6.45) is 7.30. The Morgan fingerprint density at radius 1 is 1.35 bits per heavy atom. The van der Waals surface area contributed by atoms with Gasteiger partial charge in [-0.2, -0.15) is 5.10 Å². The molecule has 0 bridgehead atoms. The molecule has 1 aliphatic heterocycles. The maximum Gasteiger partial charge on any atom is 0.319 e. The molecule has 0 saturated carbocycles. The third kappa shape index (κ3) is 2.76. The van der Waals surface area contributed by atoms with Gasteiger partial charge < -0.3 is 15.2 Å². The number of carboxylic acid groups (broad SMARTS) is 1. The van der Waals surface area contributed by atoms with Crippen LogP contribution in [0.1, 0.15) is 37.4 Å². The Labute approximate surface area is 134 Å². The van der Waals surface area contributed by atoms with Gasteiger partial charge >= 0.3 is 5.97 Å². The number of ether oxygens (including phenoxy) is 1. The van der Waals surface area contributed by atoms with Gasteiger partial charge in [-0.25, -0.2) is 0 Å². The van der Waals surface area contributed by atoms with Crippen molar-refractivity contribution in [3.05, 3.63) is 24.0 Å². The van der Waals surface area contributed by atoms with Gasteiger partial charge in [0.15, 0.2) is 5.41 Å². The molecule has 0 radical (unpaired) electrons. The number of allylic oxidation sites excluding steroid dienone is 2. The van der Waals surface area contributed by atoms with E-state index in [1.165, 1.54) is 0 Å². The van der Waals surface area contributed by atoms with Crippen LogP contribution in [0.15, 0.2) is 18.3 Å². The van der Waals surface area contributed by atoms with Gasteiger partial charge in [0, 0.05) is 13.2 Å². The van der Waals surface area contributed by atoms with Crippen LogP contribution < -0.4 is 5.32 Å². The van der Waals surface area contributed by atoms with Gasteiger partial charge in [-0.15, -0.1) is 0 Å². The molecule has 1 amide bonds. The summed E-state index contributed by atoms with van der Waals surface area (Å²) in [4.78, 5) is 24.1. The van der Waals surface area contributed by atoms with Crippen molar-refractivity contribution in [2.75, 3.05) is 18.5 Å². The number of carbonyl (C=O) groups excluding carboxylic acids is 1. The molecular formula is C16H21N3O4. The molecule has 124 valence electrons. The van der Waals surface area contributed by atoms with Crippen molar-refractivity contribution in [3.63, 3.8) is 0 Å². The van der Waals surface area contributed by atoms with Gasteiger partial charge in [-0.05, 0) is 32.6 Å². The molecule has 1 saturated heterocycles. The summed E-state index contributed by atoms with van der Waals surface area (Å²) in [5, 5.41) is 16.6. The highest BCUT2D eigenvalue weighted by molar-refractivity contribution is 6.09. The zero-order valence-electron chi connectivity index (χ0n) is 13.1. The van der Waals surface area contributed by atoms with Gasteiger partial charge in [-0.1, -0.05) is 12.2 Å². The molecule has 2 N–H and O–H groups in total. The minimum atomic E-state index is -1.40. The fourth-order valence-electron chi connectivity index (χ4n) is 3.20. The van der Waals surface area contributed by atoms with E-state index in [1.807, 2.05) is 11.6 Å². The van der Waals surface area contributed by atoms with E-state index in [9.17, 15) is 14.7 Å². The van der Waals surface area contributed by atoms with Gasteiger partial charge in [-0.3, -0.25) is 14.3 Å². The zero-order valence-corrected chi connectivity index (χ0v) is 13.1. The molecule has 23 heavy (non-hydrogen) atoms. The first-order valence-corrected chi connectivity index (χ1v) is 7.86. The molecule has 1 fully saturated rings. The normalized spacial score (nSPS) is 20.6. The lowest BCUT2D eigenvalue weighted by Crippen LogP contribution is -2.41. The first-order valence-electron chi connectivity index (χ1n) is 7.86. The van der Waals surface area contributed by atoms with E-state index in [2.05, 4.69) is 10.4 Å². The number of carbonyl (C=O) groups is 2. The van der Waals surface area contributed by atoms with Crippen LogP contribution in [0.25, 0.3) is 0 Å². The third-order valence-electron chi connectivity index (χ3n) is 4.77. The van der Waals surface area contributed by atoms with E-state index in [0.29, 0.717) is 18.9 Å². The van der Waals surface area contributed by atoms with E-state index < -0.39 is 17.3 Å². The summed E-state index contributed by atoms with van der Waals surface area (Å²) in [6.45, 7) is 3.30. The van der Waals surface area contributed by atoms with Crippen molar-refractivity contribution < 1.29 is 19.4 Å². The molecule has 7 heteroatoms. The fraction of sp³-hybridized carbons (Fsp3) is 0.562. The third-order valence-corrected chi connectivity index (χ3v) is 4.77. The summed E-state index contributed by atoms with van der Waals surface area (Å²) in [6, 6.07) is 0.260. The van der Waals surface area contributed by atoms with Crippen molar-refractivity contribution >= 4 is 17.6 Å². The number of nitrogens with one attached hydrogen (secondary N) is 1. The topological polar surface area (TPSA) is 93.5 Å². The zero-order chi connectivity index (χ0) is 16.4. The molecule has 3 rings (SSSR count). The average molecular weight is 319 g/mol. The van der Waals surface area contributed by atoms with Crippen LogP contribution in [-0.2, 0) is 14.3 Å². The van der Waals surface area contributed by atoms with Crippen LogP contribution in [0, 0.1) is 12.3 Å². The Bertz CT molecular complexity index is 636. The number of hydrogen-bond acceptors (Lipinski definition) is 4. The van der Waals surface area contributed by atoms with Gasteiger partial charge in [0.05, 0.1) is 23.6 Å². The van der Waals surface area contributed by atoms with E-state index in [0.717, 1.165) is 18.5 Å². The minimum Gasteiger partial charge on any atom is -0.480 e. The number of nitrogens with zero attached hydrogens (tertiary/aromatic N) is 2. The Kier molecular flexibility index (Phi) is 4.21. The monoisotopic (exact) mass is 319 g/mol. The SMILES string of the molecule is Cc1c(NC(=O)C2(C(=O)O)CC=CC2)cnn1C1CCOCC1. The maximum atomic E-state index is 12.5. The molecule has 0 spiro atoms. The van der Waals surface area contributed by atoms with Crippen molar-refractivity contribution in [1.82, 2.24) is 9.78 Å². The predicted octanol–water partition coefficient (Wildman–Crippen LogP) is 1.90. The summed E-state index contributed by atoms with van der Waals surface area (Å²) in [7, 11) is 0. The smallest absolute Gasteiger partial charge is 0.319 e. The second kappa shape index (κ2) is 6.16. The van der Waals surface area contributed by atoms with Crippen molar-refractivity contribution in [3.8, 4) is 0 Å². The summed E-state index contributed by atoms with van der Waals surface area (Å²) in [5.41, 5.74) is 0.0264. The fourth-order valence-corrected chi connectivity index (χ4v) is 3.20. The van der Waals surface area contributed by atoms with E-state index >= 15 is 0 Å². The Balaban J connectivity index is 1.76. The lowest BCUT2D eigenvalue weighted by atomic mass is 9.84. The molecule has 2 aliphatic rings. The Hall–Kier alpha value is -2.15. The molecular weight excluding hydrogens is 298 g/mol. The van der Waals surface area contributed by atoms with Crippen LogP contribution in [-0.4, -0.2) is 40.0 Å². The molecule has 0 aromatic carbocycles. The van der Waals surface area contributed by atoms with Gasteiger partial charge in [0.2, 0.25) is 5.91 Å². The molecule has 0 unspecified atom stereocenters. The van der Waals surface area contributed by atoms with Crippen molar-refractivity contribution in [1.29, 1.82) is 0 Å². The molecule has 1 aromatic rings. The number of rotatable bonds is 4. The molecule has 1 aliphatic carbocycles. The summed E-state index contributed by atoms with van der Waals surface area (Å²) in [5.74, 6) is -1.57. The molecule has 2 heterocycles. The molecule has 7 nitrogen and oxygen atoms in total. The standard InChI is InChI=1S/C16H21N3O4/c1-11-13(10-17-19(11)12-4-8-23-9-5-12)18-14(20)16(15(21)22)6-2-3-7-16/h2-3,10,12H,4-9H2,1H3,(H,18,20)(H,21,22). The summed E-state index contributed by atoms with van der Waals surface area (Å²) < 4.78 is 7.26. The van der Waals surface area contributed by atoms with Crippen LogP contribution >= 0.6 is 0 Å². The number of carboxylic acids is 1. The number of hydrogen-bond donors (Lipinski definition) is 2. The van der Waals surface area contributed by atoms with Crippen LogP contribution in [0.5, 0.6) is 0 Å². The van der Waals surface area contributed by atoms with Crippen LogP contribution in [0.2, 0.25) is 0 Å². The van der Waals surface area contributed by atoms with Crippen molar-refractivity contribution in [2.45, 2.75) is 38.6 Å². The number of aliphatic carboxylic acids is 1.